The molecular formula is C5H12NNaO4S. The van der Waals surface area contributed by atoms with Gasteiger partial charge in [-0.25, -0.2) is 13.1 Å². The summed E-state index contributed by atoms with van der Waals surface area (Å²) in [5, 5.41) is 0. The van der Waals surface area contributed by atoms with E-state index in [4.69, 9.17) is 4.74 Å². The minimum atomic E-state index is -4.27. The first kappa shape index (κ1) is 15.3. The molecule has 0 atom stereocenters. The van der Waals surface area contributed by atoms with Crippen molar-refractivity contribution in [2.75, 3.05) is 19.8 Å². The SMILES string of the molecule is CCOCCCNS(=O)(=O)[O-].[Na+]. The van der Waals surface area contributed by atoms with E-state index >= 15 is 0 Å². The predicted molar refractivity (Wildman–Crippen MR) is 38.8 cm³/mol. The van der Waals surface area contributed by atoms with Crippen molar-refractivity contribution in [2.45, 2.75) is 13.3 Å². The Kier molecular flexibility index (Phi) is 10.8. The van der Waals surface area contributed by atoms with Gasteiger partial charge in [0.15, 0.2) is 10.3 Å². The van der Waals surface area contributed by atoms with Gasteiger partial charge in [-0.1, -0.05) is 0 Å². The van der Waals surface area contributed by atoms with E-state index in [2.05, 4.69) is 0 Å². The second-order valence-corrected chi connectivity index (χ2v) is 3.10. The van der Waals surface area contributed by atoms with E-state index in [1.54, 1.807) is 0 Å². The molecule has 5 nitrogen and oxygen atoms in total. The molecule has 0 fully saturated rings. The first-order valence-corrected chi connectivity index (χ1v) is 4.75. The maximum atomic E-state index is 9.96. The van der Waals surface area contributed by atoms with Gasteiger partial charge < -0.3 is 9.29 Å². The summed E-state index contributed by atoms with van der Waals surface area (Å²) in [6.45, 7) is 3.06. The van der Waals surface area contributed by atoms with Gasteiger partial charge >= 0.3 is 29.6 Å². The maximum Gasteiger partial charge on any atom is 1.00 e. The average Bonchev–Trinajstić information content (AvgIpc) is 1.85. The van der Waals surface area contributed by atoms with Gasteiger partial charge in [-0.3, -0.25) is 0 Å². The first-order valence-electron chi connectivity index (χ1n) is 3.34. The smallest absolute Gasteiger partial charge is 0.735 e. The van der Waals surface area contributed by atoms with Crippen molar-refractivity contribution >= 4 is 10.3 Å². The van der Waals surface area contributed by atoms with E-state index in [1.165, 1.54) is 0 Å². The summed E-state index contributed by atoms with van der Waals surface area (Å²) >= 11 is 0. The van der Waals surface area contributed by atoms with Crippen molar-refractivity contribution in [2.24, 2.45) is 0 Å². The summed E-state index contributed by atoms with van der Waals surface area (Å²) < 4.78 is 36.6. The third-order valence-corrected chi connectivity index (χ3v) is 1.51. The molecule has 0 aromatic carbocycles. The molecule has 0 aliphatic rings. The fourth-order valence-corrected chi connectivity index (χ4v) is 0.910. The van der Waals surface area contributed by atoms with Crippen LogP contribution in [-0.2, 0) is 15.0 Å². The van der Waals surface area contributed by atoms with E-state index in [9.17, 15) is 13.0 Å². The normalized spacial score (nSPS) is 10.8. The fourth-order valence-electron chi connectivity index (χ4n) is 0.516. The molecule has 0 aliphatic heterocycles. The standard InChI is InChI=1S/C5H13NO4S.Na/c1-2-10-5-3-4-6-11(7,8)9;/h6H,2-5H2,1H3,(H,7,8,9);/q;+1/p-1. The van der Waals surface area contributed by atoms with Gasteiger partial charge in [0.2, 0.25) is 0 Å². The number of nitrogens with one attached hydrogen (secondary N) is 1. The number of hydrogen-bond donors (Lipinski definition) is 1. The molecular weight excluding hydrogens is 193 g/mol. The maximum absolute atomic E-state index is 9.96. The van der Waals surface area contributed by atoms with Crippen LogP contribution in [0.15, 0.2) is 0 Å². The second-order valence-electron chi connectivity index (χ2n) is 1.90. The van der Waals surface area contributed by atoms with Gasteiger partial charge in [-0.05, 0) is 13.3 Å². The van der Waals surface area contributed by atoms with Crippen LogP contribution in [0.4, 0.5) is 0 Å². The Bertz CT molecular complexity index is 182. The summed E-state index contributed by atoms with van der Waals surface area (Å²) in [7, 11) is -4.27. The molecule has 0 aliphatic carbocycles. The fraction of sp³-hybridized carbons (Fsp3) is 1.00. The van der Waals surface area contributed by atoms with Crippen molar-refractivity contribution < 1.29 is 47.3 Å². The number of hydrogen-bond acceptors (Lipinski definition) is 4. The van der Waals surface area contributed by atoms with E-state index in [-0.39, 0.29) is 36.1 Å². The Labute approximate surface area is 95.0 Å². The number of ether oxygens (including phenoxy) is 1. The summed E-state index contributed by atoms with van der Waals surface area (Å²) in [5.74, 6) is 0. The molecule has 0 amide bonds. The summed E-state index contributed by atoms with van der Waals surface area (Å²) in [6, 6.07) is 0. The van der Waals surface area contributed by atoms with Gasteiger partial charge in [0.1, 0.15) is 0 Å². The molecule has 0 aromatic heterocycles. The third-order valence-electron chi connectivity index (χ3n) is 0.948. The third kappa shape index (κ3) is 13.4. The molecule has 0 radical (unpaired) electrons. The Balaban J connectivity index is 0. The van der Waals surface area contributed by atoms with Crippen molar-refractivity contribution in [3.05, 3.63) is 0 Å². The van der Waals surface area contributed by atoms with Crippen LogP contribution in [0.1, 0.15) is 13.3 Å². The Morgan fingerprint density at radius 1 is 1.50 bits per heavy atom. The van der Waals surface area contributed by atoms with Crippen molar-refractivity contribution in [3.8, 4) is 0 Å². The van der Waals surface area contributed by atoms with Crippen LogP contribution >= 0.6 is 0 Å². The zero-order valence-electron chi connectivity index (χ0n) is 7.37. The van der Waals surface area contributed by atoms with E-state index in [0.29, 0.717) is 19.6 Å². The minimum absolute atomic E-state index is 0. The van der Waals surface area contributed by atoms with Crippen LogP contribution in [0.2, 0.25) is 0 Å². The largest absolute Gasteiger partial charge is 1.00 e. The Hall–Kier alpha value is 0.830. The molecule has 1 N–H and O–H groups in total. The van der Waals surface area contributed by atoms with Crippen LogP contribution in [0.5, 0.6) is 0 Å². The van der Waals surface area contributed by atoms with Crippen molar-refractivity contribution in [1.82, 2.24) is 4.72 Å². The molecule has 68 valence electrons. The first-order chi connectivity index (χ1) is 5.06. The number of rotatable bonds is 6. The minimum Gasteiger partial charge on any atom is -0.735 e. The molecule has 0 aromatic rings. The summed E-state index contributed by atoms with van der Waals surface area (Å²) in [5.41, 5.74) is 0. The van der Waals surface area contributed by atoms with Crippen LogP contribution in [-0.4, -0.2) is 32.7 Å². The van der Waals surface area contributed by atoms with Crippen LogP contribution in [0.25, 0.3) is 0 Å². The topological polar surface area (TPSA) is 78.5 Å². The molecule has 0 bridgehead atoms. The van der Waals surface area contributed by atoms with Crippen LogP contribution in [0.3, 0.4) is 0 Å². The molecule has 0 saturated heterocycles. The van der Waals surface area contributed by atoms with Crippen LogP contribution < -0.4 is 34.3 Å². The van der Waals surface area contributed by atoms with Gasteiger partial charge in [0.25, 0.3) is 0 Å². The van der Waals surface area contributed by atoms with E-state index < -0.39 is 10.3 Å². The van der Waals surface area contributed by atoms with Gasteiger partial charge in [-0.15, -0.1) is 0 Å². The quantitative estimate of drug-likeness (QED) is 0.277. The average molecular weight is 205 g/mol. The summed E-state index contributed by atoms with van der Waals surface area (Å²) in [4.78, 5) is 0. The van der Waals surface area contributed by atoms with Gasteiger partial charge in [0, 0.05) is 19.8 Å². The van der Waals surface area contributed by atoms with Crippen molar-refractivity contribution in [1.29, 1.82) is 0 Å². The molecule has 0 heterocycles. The Morgan fingerprint density at radius 3 is 2.50 bits per heavy atom. The van der Waals surface area contributed by atoms with Crippen LogP contribution in [0, 0.1) is 0 Å². The van der Waals surface area contributed by atoms with Gasteiger partial charge in [-0.2, -0.15) is 0 Å². The van der Waals surface area contributed by atoms with E-state index in [1.807, 2.05) is 11.6 Å². The monoisotopic (exact) mass is 205 g/mol. The van der Waals surface area contributed by atoms with Crippen molar-refractivity contribution in [3.63, 3.8) is 0 Å². The second kappa shape index (κ2) is 8.43. The molecule has 7 heteroatoms. The molecule has 12 heavy (non-hydrogen) atoms. The molecule has 0 unspecified atom stereocenters. The zero-order valence-corrected chi connectivity index (χ0v) is 10.2. The van der Waals surface area contributed by atoms with Gasteiger partial charge in [0.05, 0.1) is 0 Å². The molecule has 0 saturated carbocycles. The summed E-state index contributed by atoms with van der Waals surface area (Å²) in [6.07, 6.45) is 0.523. The molecule has 0 rings (SSSR count). The molecule has 0 spiro atoms. The predicted octanol–water partition coefficient (Wildman–Crippen LogP) is -3.53. The Morgan fingerprint density at radius 2 is 2.08 bits per heavy atom. The van der Waals surface area contributed by atoms with E-state index in [0.717, 1.165) is 0 Å². The zero-order chi connectivity index (χ0) is 8.74.